The van der Waals surface area contributed by atoms with Crippen molar-refractivity contribution in [2.75, 3.05) is 51.0 Å². The van der Waals surface area contributed by atoms with E-state index in [2.05, 4.69) is 10.2 Å². The van der Waals surface area contributed by atoms with Gasteiger partial charge in [-0.3, -0.25) is 19.1 Å². The molecular formula is C30H30N4O5S. The first kappa shape index (κ1) is 26.4. The van der Waals surface area contributed by atoms with Crippen LogP contribution in [0.4, 0.5) is 5.69 Å². The van der Waals surface area contributed by atoms with Crippen LogP contribution in [0, 0.1) is 0 Å². The number of amides is 1. The number of hydrogen-bond acceptors (Lipinski definition) is 8. The second-order valence-electron chi connectivity index (χ2n) is 9.66. The minimum Gasteiger partial charge on any atom is -0.495 e. The summed E-state index contributed by atoms with van der Waals surface area (Å²) < 4.78 is 18.7. The maximum absolute atomic E-state index is 13.4. The number of para-hydroxylation sites is 2. The SMILES string of the molecule is COc1cc2c(cc1NC(=O)CSc1nc3ccccc3c(=O)n1CCCN1CCOCC1)oc1ccccc12. The van der Waals surface area contributed by atoms with Crippen molar-refractivity contribution in [2.24, 2.45) is 0 Å². The number of furan rings is 1. The van der Waals surface area contributed by atoms with E-state index in [1.54, 1.807) is 23.8 Å². The van der Waals surface area contributed by atoms with Crippen LogP contribution < -0.4 is 15.6 Å². The Labute approximate surface area is 235 Å². The van der Waals surface area contributed by atoms with Gasteiger partial charge in [0.25, 0.3) is 5.56 Å². The van der Waals surface area contributed by atoms with Gasteiger partial charge in [0, 0.05) is 43.0 Å². The fourth-order valence-electron chi connectivity index (χ4n) is 5.07. The molecule has 0 saturated carbocycles. The second-order valence-corrected chi connectivity index (χ2v) is 10.6. The summed E-state index contributed by atoms with van der Waals surface area (Å²) >= 11 is 1.25. The van der Waals surface area contributed by atoms with Gasteiger partial charge in [-0.05, 0) is 30.7 Å². The predicted octanol–water partition coefficient (Wildman–Crippen LogP) is 4.76. The maximum atomic E-state index is 13.4. The lowest BCUT2D eigenvalue weighted by atomic mass is 10.1. The molecule has 1 aliphatic rings. The summed E-state index contributed by atoms with van der Waals surface area (Å²) in [5.74, 6) is 0.387. The molecule has 0 aliphatic carbocycles. The molecule has 1 N–H and O–H groups in total. The fraction of sp³-hybridized carbons (Fsp3) is 0.300. The van der Waals surface area contributed by atoms with Crippen LogP contribution in [0.15, 0.2) is 75.0 Å². The van der Waals surface area contributed by atoms with Crippen LogP contribution in [-0.2, 0) is 16.1 Å². The Hall–Kier alpha value is -3.86. The number of aromatic nitrogens is 2. The van der Waals surface area contributed by atoms with Gasteiger partial charge in [0.05, 0.1) is 42.7 Å². The van der Waals surface area contributed by atoms with Crippen molar-refractivity contribution >= 4 is 56.2 Å². The molecule has 0 bridgehead atoms. The highest BCUT2D eigenvalue weighted by Crippen LogP contribution is 2.36. The first-order valence-corrected chi connectivity index (χ1v) is 14.3. The molecule has 6 rings (SSSR count). The number of benzene rings is 3. The number of ether oxygens (including phenoxy) is 2. The van der Waals surface area contributed by atoms with Crippen LogP contribution in [0.3, 0.4) is 0 Å². The van der Waals surface area contributed by atoms with Gasteiger partial charge in [0.2, 0.25) is 5.91 Å². The molecule has 0 unspecified atom stereocenters. The lowest BCUT2D eigenvalue weighted by Gasteiger charge is -2.26. The van der Waals surface area contributed by atoms with Gasteiger partial charge < -0.3 is 19.2 Å². The Bertz CT molecular complexity index is 1740. The van der Waals surface area contributed by atoms with E-state index in [0.29, 0.717) is 39.6 Å². The third kappa shape index (κ3) is 5.42. The lowest BCUT2D eigenvalue weighted by Crippen LogP contribution is -2.37. The van der Waals surface area contributed by atoms with Crippen molar-refractivity contribution < 1.29 is 18.7 Å². The van der Waals surface area contributed by atoms with E-state index in [1.165, 1.54) is 11.8 Å². The third-order valence-corrected chi connectivity index (χ3v) is 8.07. The number of nitrogens with one attached hydrogen (secondary N) is 1. The molecule has 1 fully saturated rings. The second kappa shape index (κ2) is 11.7. The van der Waals surface area contributed by atoms with Crippen LogP contribution in [0.5, 0.6) is 5.75 Å². The van der Waals surface area contributed by atoms with E-state index in [4.69, 9.17) is 18.9 Å². The van der Waals surface area contributed by atoms with Crippen molar-refractivity contribution in [3.63, 3.8) is 0 Å². The van der Waals surface area contributed by atoms with Crippen molar-refractivity contribution in [1.29, 1.82) is 0 Å². The van der Waals surface area contributed by atoms with Gasteiger partial charge in [-0.1, -0.05) is 42.1 Å². The molecule has 1 saturated heterocycles. The topological polar surface area (TPSA) is 98.8 Å². The quantitative estimate of drug-likeness (QED) is 0.204. The van der Waals surface area contributed by atoms with Crippen molar-refractivity contribution in [3.05, 3.63) is 71.0 Å². The number of thioether (sulfide) groups is 1. The summed E-state index contributed by atoms with van der Waals surface area (Å²) in [6, 6.07) is 18.8. The van der Waals surface area contributed by atoms with Crippen LogP contribution in [0.1, 0.15) is 6.42 Å². The summed E-state index contributed by atoms with van der Waals surface area (Å²) in [6.07, 6.45) is 0.800. The Morgan fingerprint density at radius 1 is 1.00 bits per heavy atom. The predicted molar refractivity (Wildman–Crippen MR) is 158 cm³/mol. The van der Waals surface area contributed by atoms with Crippen LogP contribution in [0.25, 0.3) is 32.8 Å². The smallest absolute Gasteiger partial charge is 0.262 e. The highest BCUT2D eigenvalue weighted by molar-refractivity contribution is 7.99. The number of carbonyl (C=O) groups is 1. The van der Waals surface area contributed by atoms with Crippen LogP contribution in [0.2, 0.25) is 0 Å². The molecule has 3 aromatic carbocycles. The number of morpholine rings is 1. The van der Waals surface area contributed by atoms with Gasteiger partial charge in [-0.2, -0.15) is 0 Å². The summed E-state index contributed by atoms with van der Waals surface area (Å²) in [5, 5.41) is 5.95. The van der Waals surface area contributed by atoms with E-state index < -0.39 is 0 Å². The van der Waals surface area contributed by atoms with E-state index >= 15 is 0 Å². The number of fused-ring (bicyclic) bond motifs is 4. The zero-order chi connectivity index (χ0) is 27.5. The van der Waals surface area contributed by atoms with Gasteiger partial charge in [-0.25, -0.2) is 4.98 Å². The van der Waals surface area contributed by atoms with Gasteiger partial charge in [0.1, 0.15) is 16.9 Å². The molecule has 9 nitrogen and oxygen atoms in total. The molecular weight excluding hydrogens is 528 g/mol. The normalized spacial score (nSPS) is 14.2. The number of methoxy groups -OCH3 is 1. The zero-order valence-electron chi connectivity index (χ0n) is 22.2. The first-order chi connectivity index (χ1) is 19.6. The monoisotopic (exact) mass is 558 g/mol. The van der Waals surface area contributed by atoms with Crippen molar-refractivity contribution in [2.45, 2.75) is 18.1 Å². The minimum atomic E-state index is -0.235. The standard InChI is InChI=1S/C30H30N4O5S/c1-37-27-17-22-20-7-3-5-10-25(20)39-26(22)18-24(27)31-28(35)19-40-30-32-23-9-4-2-8-21(23)29(36)34(30)12-6-11-33-13-15-38-16-14-33/h2-5,7-10,17-18H,6,11-16,19H2,1H3,(H,31,35). The molecule has 0 spiro atoms. The van der Waals surface area contributed by atoms with Crippen molar-refractivity contribution in [1.82, 2.24) is 14.5 Å². The number of carbonyl (C=O) groups excluding carboxylic acids is 1. The Balaban J connectivity index is 1.20. The molecule has 1 amide bonds. The van der Waals surface area contributed by atoms with E-state index in [-0.39, 0.29) is 17.2 Å². The summed E-state index contributed by atoms with van der Waals surface area (Å²) in [5.41, 5.74) is 2.49. The van der Waals surface area contributed by atoms with E-state index in [1.807, 2.05) is 48.5 Å². The largest absolute Gasteiger partial charge is 0.495 e. The van der Waals surface area contributed by atoms with Gasteiger partial charge in [-0.15, -0.1) is 0 Å². The fourth-order valence-corrected chi connectivity index (χ4v) is 5.89. The van der Waals surface area contributed by atoms with E-state index in [0.717, 1.165) is 55.6 Å². The Kier molecular flexibility index (Phi) is 7.72. The van der Waals surface area contributed by atoms with E-state index in [9.17, 15) is 9.59 Å². The average molecular weight is 559 g/mol. The Morgan fingerprint density at radius 3 is 2.60 bits per heavy atom. The molecule has 0 radical (unpaired) electrons. The number of nitrogens with zero attached hydrogens (tertiary/aromatic N) is 3. The molecule has 206 valence electrons. The average Bonchev–Trinajstić information content (AvgIpc) is 3.34. The van der Waals surface area contributed by atoms with Crippen LogP contribution >= 0.6 is 11.8 Å². The number of hydrogen-bond donors (Lipinski definition) is 1. The maximum Gasteiger partial charge on any atom is 0.262 e. The Morgan fingerprint density at radius 2 is 1.77 bits per heavy atom. The van der Waals surface area contributed by atoms with Gasteiger partial charge >= 0.3 is 0 Å². The summed E-state index contributed by atoms with van der Waals surface area (Å²) in [7, 11) is 1.57. The highest BCUT2D eigenvalue weighted by atomic mass is 32.2. The molecule has 2 aromatic heterocycles. The highest BCUT2D eigenvalue weighted by Gasteiger charge is 2.17. The molecule has 5 aromatic rings. The zero-order valence-corrected chi connectivity index (χ0v) is 23.0. The molecule has 40 heavy (non-hydrogen) atoms. The molecule has 3 heterocycles. The third-order valence-electron chi connectivity index (χ3n) is 7.09. The number of rotatable bonds is 9. The lowest BCUT2D eigenvalue weighted by molar-refractivity contribution is -0.113. The van der Waals surface area contributed by atoms with Gasteiger partial charge in [0.15, 0.2) is 5.16 Å². The number of anilines is 1. The first-order valence-electron chi connectivity index (χ1n) is 13.3. The molecule has 0 atom stereocenters. The molecule has 1 aliphatic heterocycles. The minimum absolute atomic E-state index is 0.0789. The van der Waals surface area contributed by atoms with Crippen molar-refractivity contribution in [3.8, 4) is 5.75 Å². The summed E-state index contributed by atoms with van der Waals surface area (Å²) in [4.78, 5) is 33.6. The van der Waals surface area contributed by atoms with Crippen LogP contribution in [-0.4, -0.2) is 66.1 Å². The molecule has 10 heteroatoms. The summed E-state index contributed by atoms with van der Waals surface area (Å²) in [6.45, 7) is 4.67.